The molecule has 9 heteroatoms. The highest BCUT2D eigenvalue weighted by molar-refractivity contribution is 6.31. The minimum absolute atomic E-state index is 0.0536. The number of nitrogens with one attached hydrogen (secondary N) is 2. The summed E-state index contributed by atoms with van der Waals surface area (Å²) in [5.74, 6) is -3.11. The Labute approximate surface area is 175 Å². The molecule has 6 rings (SSSR count). The van der Waals surface area contributed by atoms with Crippen LogP contribution in [0.1, 0.15) is 25.7 Å². The second kappa shape index (κ2) is 7.19. The standard InChI is InChI=1S/C21H19ClF2N4O2/c22-11-5-12-13(8-26-19(12)25-7-11)18-14(23)6-15(24)20(28-18)27-17-10-3-1-9(2-4-10)16(17)21(29)30/h5-10,16-17H,1-4H2,(H,25,26)(H,27,28)(H,29,30). The third kappa shape index (κ3) is 3.10. The first kappa shape index (κ1) is 19.2. The highest BCUT2D eigenvalue weighted by atomic mass is 35.5. The molecule has 3 aromatic heterocycles. The number of aromatic nitrogens is 3. The number of halogens is 3. The van der Waals surface area contributed by atoms with E-state index >= 15 is 0 Å². The van der Waals surface area contributed by atoms with Crippen molar-refractivity contribution in [1.82, 2.24) is 15.0 Å². The zero-order valence-corrected chi connectivity index (χ0v) is 16.6. The Bertz CT molecular complexity index is 1140. The quantitative estimate of drug-likeness (QED) is 0.547. The van der Waals surface area contributed by atoms with Crippen molar-refractivity contribution >= 4 is 34.4 Å². The molecule has 3 aliphatic carbocycles. The molecular weight excluding hydrogens is 414 g/mol. The predicted molar refractivity (Wildman–Crippen MR) is 108 cm³/mol. The third-order valence-electron chi connectivity index (χ3n) is 6.49. The van der Waals surface area contributed by atoms with Crippen LogP contribution in [0.3, 0.4) is 0 Å². The summed E-state index contributed by atoms with van der Waals surface area (Å²) in [4.78, 5) is 23.2. The van der Waals surface area contributed by atoms with Gasteiger partial charge in [0.25, 0.3) is 0 Å². The molecule has 156 valence electrons. The maximum atomic E-state index is 14.7. The van der Waals surface area contributed by atoms with Crippen molar-refractivity contribution < 1.29 is 18.7 Å². The van der Waals surface area contributed by atoms with Gasteiger partial charge in [-0.3, -0.25) is 4.79 Å². The fraction of sp³-hybridized carbons (Fsp3) is 0.381. The number of carbonyl (C=O) groups is 1. The number of carboxylic acid groups (broad SMARTS) is 1. The monoisotopic (exact) mass is 432 g/mol. The van der Waals surface area contributed by atoms with E-state index in [-0.39, 0.29) is 23.3 Å². The molecule has 0 aromatic carbocycles. The van der Waals surface area contributed by atoms with E-state index in [4.69, 9.17) is 11.6 Å². The molecule has 3 N–H and O–H groups in total. The van der Waals surface area contributed by atoms with Gasteiger partial charge in [-0.25, -0.2) is 18.7 Å². The minimum Gasteiger partial charge on any atom is -0.481 e. The van der Waals surface area contributed by atoms with Crippen molar-refractivity contribution in [2.45, 2.75) is 31.7 Å². The summed E-state index contributed by atoms with van der Waals surface area (Å²) in [5.41, 5.74) is 0.854. The van der Waals surface area contributed by atoms with Gasteiger partial charge in [0.1, 0.15) is 11.3 Å². The van der Waals surface area contributed by atoms with Gasteiger partial charge in [0, 0.05) is 35.5 Å². The SMILES string of the molecule is O=C(O)C1C2CCC(CC2)C1Nc1nc(-c2c[nH]c3ncc(Cl)cc23)c(F)cc1F. The summed E-state index contributed by atoms with van der Waals surface area (Å²) in [5, 5.41) is 13.7. The van der Waals surface area contributed by atoms with Crippen molar-refractivity contribution in [3.05, 3.63) is 41.2 Å². The van der Waals surface area contributed by atoms with Gasteiger partial charge in [0.15, 0.2) is 17.5 Å². The molecule has 6 nitrogen and oxygen atoms in total. The summed E-state index contributed by atoms with van der Waals surface area (Å²) >= 11 is 6.02. The van der Waals surface area contributed by atoms with E-state index in [2.05, 4.69) is 20.3 Å². The molecule has 2 bridgehead atoms. The zero-order valence-electron chi connectivity index (χ0n) is 15.8. The lowest BCUT2D eigenvalue weighted by Crippen LogP contribution is -2.51. The van der Waals surface area contributed by atoms with Crippen LogP contribution in [0.5, 0.6) is 0 Å². The number of aromatic amines is 1. The number of H-pyrrole nitrogens is 1. The molecule has 3 aromatic rings. The molecule has 0 radical (unpaired) electrons. The van der Waals surface area contributed by atoms with Gasteiger partial charge >= 0.3 is 5.97 Å². The number of nitrogens with zero attached hydrogens (tertiary/aromatic N) is 2. The highest BCUT2D eigenvalue weighted by Gasteiger charge is 2.47. The van der Waals surface area contributed by atoms with Gasteiger partial charge in [-0.1, -0.05) is 11.6 Å². The molecule has 3 saturated carbocycles. The first-order chi connectivity index (χ1) is 14.4. The Morgan fingerprint density at radius 2 is 1.90 bits per heavy atom. The molecule has 3 aliphatic rings. The Morgan fingerprint density at radius 1 is 1.17 bits per heavy atom. The average molecular weight is 433 g/mol. The molecule has 2 atom stereocenters. The average Bonchev–Trinajstić information content (AvgIpc) is 3.13. The Kier molecular flexibility index (Phi) is 4.61. The van der Waals surface area contributed by atoms with Crippen molar-refractivity contribution in [2.24, 2.45) is 17.8 Å². The number of fused-ring (bicyclic) bond motifs is 4. The molecule has 0 saturated heterocycles. The topological polar surface area (TPSA) is 90.9 Å². The van der Waals surface area contributed by atoms with Crippen molar-refractivity contribution in [2.75, 3.05) is 5.32 Å². The first-order valence-corrected chi connectivity index (χ1v) is 10.3. The minimum atomic E-state index is -0.887. The van der Waals surface area contributed by atoms with Crippen LogP contribution in [-0.4, -0.2) is 32.1 Å². The number of hydrogen-bond donors (Lipinski definition) is 3. The fourth-order valence-electron chi connectivity index (χ4n) is 5.10. The lowest BCUT2D eigenvalue weighted by atomic mass is 9.61. The summed E-state index contributed by atoms with van der Waals surface area (Å²) in [6.07, 6.45) is 6.54. The van der Waals surface area contributed by atoms with Crippen molar-refractivity contribution in [3.63, 3.8) is 0 Å². The second-order valence-electron chi connectivity index (χ2n) is 8.11. The molecule has 0 amide bonds. The Balaban J connectivity index is 1.55. The smallest absolute Gasteiger partial charge is 0.308 e. The van der Waals surface area contributed by atoms with Crippen LogP contribution in [-0.2, 0) is 4.79 Å². The van der Waals surface area contributed by atoms with Crippen LogP contribution in [0.15, 0.2) is 24.5 Å². The molecule has 0 aliphatic heterocycles. The van der Waals surface area contributed by atoms with Crippen LogP contribution >= 0.6 is 11.6 Å². The third-order valence-corrected chi connectivity index (χ3v) is 6.70. The highest BCUT2D eigenvalue weighted by Crippen LogP contribution is 2.46. The summed E-state index contributed by atoms with van der Waals surface area (Å²) in [6, 6.07) is 1.97. The van der Waals surface area contributed by atoms with Crippen molar-refractivity contribution in [3.8, 4) is 11.3 Å². The van der Waals surface area contributed by atoms with E-state index in [9.17, 15) is 18.7 Å². The molecule has 2 unspecified atom stereocenters. The number of hydrogen-bond acceptors (Lipinski definition) is 4. The molecule has 3 heterocycles. The summed E-state index contributed by atoms with van der Waals surface area (Å²) in [6.45, 7) is 0. The maximum absolute atomic E-state index is 14.7. The normalized spacial score (nSPS) is 25.6. The number of anilines is 1. The van der Waals surface area contributed by atoms with E-state index in [0.29, 0.717) is 21.6 Å². The molecular formula is C21H19ClF2N4O2. The van der Waals surface area contributed by atoms with Crippen LogP contribution in [0, 0.1) is 29.4 Å². The Morgan fingerprint density at radius 3 is 2.63 bits per heavy atom. The van der Waals surface area contributed by atoms with Gasteiger partial charge in [-0.2, -0.15) is 0 Å². The van der Waals surface area contributed by atoms with Gasteiger partial charge in [0.05, 0.1) is 10.9 Å². The van der Waals surface area contributed by atoms with Gasteiger partial charge in [0.2, 0.25) is 0 Å². The van der Waals surface area contributed by atoms with Crippen LogP contribution in [0.25, 0.3) is 22.3 Å². The fourth-order valence-corrected chi connectivity index (χ4v) is 5.26. The van der Waals surface area contributed by atoms with Crippen LogP contribution in [0.4, 0.5) is 14.6 Å². The second-order valence-corrected chi connectivity index (χ2v) is 8.55. The van der Waals surface area contributed by atoms with Crippen LogP contribution in [0.2, 0.25) is 5.02 Å². The molecule has 30 heavy (non-hydrogen) atoms. The van der Waals surface area contributed by atoms with Gasteiger partial charge in [-0.05, 0) is 43.6 Å². The zero-order chi connectivity index (χ0) is 21.0. The predicted octanol–water partition coefficient (Wildman–Crippen LogP) is 4.86. The number of rotatable bonds is 4. The van der Waals surface area contributed by atoms with Gasteiger partial charge in [-0.15, -0.1) is 0 Å². The van der Waals surface area contributed by atoms with E-state index < -0.39 is 29.6 Å². The maximum Gasteiger partial charge on any atom is 0.308 e. The largest absolute Gasteiger partial charge is 0.481 e. The summed E-state index contributed by atoms with van der Waals surface area (Å²) < 4.78 is 29.3. The lowest BCUT2D eigenvalue weighted by molar-refractivity contribution is -0.148. The lowest BCUT2D eigenvalue weighted by Gasteiger charge is -2.47. The molecule has 0 spiro atoms. The number of carboxylic acids is 1. The number of aliphatic carboxylic acids is 1. The van der Waals surface area contributed by atoms with E-state index in [1.54, 1.807) is 12.3 Å². The summed E-state index contributed by atoms with van der Waals surface area (Å²) in [7, 11) is 0. The van der Waals surface area contributed by atoms with E-state index in [1.807, 2.05) is 0 Å². The number of pyridine rings is 2. The van der Waals surface area contributed by atoms with E-state index in [1.165, 1.54) is 6.20 Å². The first-order valence-electron chi connectivity index (χ1n) is 9.90. The van der Waals surface area contributed by atoms with Crippen LogP contribution < -0.4 is 5.32 Å². The van der Waals surface area contributed by atoms with Gasteiger partial charge < -0.3 is 15.4 Å². The van der Waals surface area contributed by atoms with E-state index in [0.717, 1.165) is 31.7 Å². The molecule has 3 fully saturated rings. The van der Waals surface area contributed by atoms with Crippen molar-refractivity contribution in [1.29, 1.82) is 0 Å². The Hall–Kier alpha value is -2.74.